The summed E-state index contributed by atoms with van der Waals surface area (Å²) < 4.78 is 32.2. The van der Waals surface area contributed by atoms with Gasteiger partial charge in [0.1, 0.15) is 12.4 Å². The maximum Gasteiger partial charge on any atom is 0.317 e. The van der Waals surface area contributed by atoms with Crippen molar-refractivity contribution < 1.29 is 17.9 Å². The van der Waals surface area contributed by atoms with E-state index < -0.39 is 16.1 Å². The molecule has 2 amide bonds. The molecule has 0 radical (unpaired) electrons. The summed E-state index contributed by atoms with van der Waals surface area (Å²) in [7, 11) is -3.40. The number of hydrogen-bond donors (Lipinski definition) is 2. The number of sulfonamides is 1. The average Bonchev–Trinajstić information content (AvgIpc) is 2.71. The van der Waals surface area contributed by atoms with E-state index in [1.165, 1.54) is 0 Å². The highest BCUT2D eigenvalue weighted by Gasteiger charge is 2.36. The predicted octanol–water partition coefficient (Wildman–Crippen LogP) is 0.838. The molecule has 2 saturated heterocycles. The lowest BCUT2D eigenvalue weighted by Crippen LogP contribution is -2.58. The third-order valence-electron chi connectivity index (χ3n) is 5.57. The zero-order valence-corrected chi connectivity index (χ0v) is 18.9. The number of nitriles is 1. The zero-order valence-electron chi connectivity index (χ0n) is 18.1. The van der Waals surface area contributed by atoms with E-state index in [4.69, 9.17) is 10.00 Å². The van der Waals surface area contributed by atoms with Crippen LogP contribution in [0.2, 0.25) is 0 Å². The molecule has 170 valence electrons. The number of carbonyl (C=O) groups excluding carboxylic acids is 1. The number of piperidine rings is 2. The van der Waals surface area contributed by atoms with Gasteiger partial charge in [-0.2, -0.15) is 5.26 Å². The topological polar surface area (TPSA) is 115 Å². The second-order valence-electron chi connectivity index (χ2n) is 8.46. The van der Waals surface area contributed by atoms with Crippen LogP contribution in [0.1, 0.15) is 18.9 Å². The van der Waals surface area contributed by atoms with Gasteiger partial charge >= 0.3 is 6.03 Å². The van der Waals surface area contributed by atoms with Gasteiger partial charge in [-0.15, -0.1) is 0 Å². The standard InChI is InChI=1S/C21H31N5O4S/c1-3-23-21(27)26-12-17-8-18(13-26)11-25(10-17)14-19(24-31(2,28)29)15-30-20-6-4-16(9-22)5-7-20/h4-7,17-19,24H,3,8,10-15H2,1-2H3,(H,23,27). The maximum atomic E-state index is 12.2. The van der Waals surface area contributed by atoms with E-state index in [0.29, 0.717) is 36.2 Å². The lowest BCUT2D eigenvalue weighted by molar-refractivity contribution is 0.0404. The van der Waals surface area contributed by atoms with Crippen LogP contribution in [0.5, 0.6) is 5.75 Å². The van der Waals surface area contributed by atoms with Crippen LogP contribution in [0.4, 0.5) is 4.79 Å². The van der Waals surface area contributed by atoms with E-state index in [0.717, 1.165) is 38.9 Å². The molecule has 0 saturated carbocycles. The van der Waals surface area contributed by atoms with Gasteiger partial charge in [0, 0.05) is 39.3 Å². The Kier molecular flexibility index (Phi) is 7.75. The van der Waals surface area contributed by atoms with E-state index in [-0.39, 0.29) is 12.6 Å². The van der Waals surface area contributed by atoms with Crippen molar-refractivity contribution in [2.24, 2.45) is 11.8 Å². The Morgan fingerprint density at radius 2 is 1.87 bits per heavy atom. The Balaban J connectivity index is 1.58. The molecule has 3 atom stereocenters. The Morgan fingerprint density at radius 1 is 1.23 bits per heavy atom. The van der Waals surface area contributed by atoms with Crippen LogP contribution >= 0.6 is 0 Å². The van der Waals surface area contributed by atoms with E-state index in [1.54, 1.807) is 24.3 Å². The molecule has 0 aromatic heterocycles. The summed E-state index contributed by atoms with van der Waals surface area (Å²) >= 11 is 0. The molecule has 0 spiro atoms. The van der Waals surface area contributed by atoms with Crippen LogP contribution in [0.25, 0.3) is 0 Å². The molecule has 3 rings (SSSR count). The van der Waals surface area contributed by atoms with Gasteiger partial charge in [0.2, 0.25) is 10.0 Å². The van der Waals surface area contributed by atoms with Crippen LogP contribution in [0, 0.1) is 23.2 Å². The van der Waals surface area contributed by atoms with Crippen LogP contribution < -0.4 is 14.8 Å². The number of hydrogen-bond acceptors (Lipinski definition) is 6. The Hall–Kier alpha value is -2.35. The molecule has 0 aliphatic carbocycles. The van der Waals surface area contributed by atoms with Gasteiger partial charge < -0.3 is 19.9 Å². The Bertz CT molecular complexity index is 885. The van der Waals surface area contributed by atoms with Gasteiger partial charge in [-0.3, -0.25) is 0 Å². The minimum absolute atomic E-state index is 0.00177. The summed E-state index contributed by atoms with van der Waals surface area (Å²) in [6, 6.07) is 8.40. The number of rotatable bonds is 8. The van der Waals surface area contributed by atoms with E-state index in [2.05, 4.69) is 21.0 Å². The first-order valence-corrected chi connectivity index (χ1v) is 12.5. The average molecular weight is 450 g/mol. The predicted molar refractivity (Wildman–Crippen MR) is 117 cm³/mol. The summed E-state index contributed by atoms with van der Waals surface area (Å²) in [6.45, 7) is 6.37. The number of urea groups is 1. The fraction of sp³-hybridized carbons (Fsp3) is 0.619. The van der Waals surface area contributed by atoms with Crippen molar-refractivity contribution in [2.45, 2.75) is 19.4 Å². The smallest absolute Gasteiger partial charge is 0.317 e. The summed E-state index contributed by atoms with van der Waals surface area (Å²) in [6.07, 6.45) is 2.25. The molecule has 2 aliphatic rings. The third-order valence-corrected chi connectivity index (χ3v) is 6.33. The fourth-order valence-corrected chi connectivity index (χ4v) is 5.27. The van der Waals surface area contributed by atoms with Gasteiger partial charge in [-0.25, -0.2) is 17.9 Å². The number of likely N-dealkylation sites (tertiary alicyclic amines) is 2. The minimum Gasteiger partial charge on any atom is -0.492 e. The van der Waals surface area contributed by atoms with Crippen LogP contribution in [-0.2, 0) is 10.0 Å². The molecule has 9 nitrogen and oxygen atoms in total. The first-order valence-electron chi connectivity index (χ1n) is 10.6. The van der Waals surface area contributed by atoms with Gasteiger partial charge in [-0.1, -0.05) is 0 Å². The molecule has 1 aromatic carbocycles. The number of amides is 2. The third kappa shape index (κ3) is 7.09. The van der Waals surface area contributed by atoms with Crippen molar-refractivity contribution >= 4 is 16.1 Å². The number of nitrogens with zero attached hydrogens (tertiary/aromatic N) is 3. The Morgan fingerprint density at radius 3 is 2.42 bits per heavy atom. The van der Waals surface area contributed by atoms with E-state index >= 15 is 0 Å². The molecule has 2 fully saturated rings. The minimum atomic E-state index is -3.40. The monoisotopic (exact) mass is 449 g/mol. The van der Waals surface area contributed by atoms with Crippen molar-refractivity contribution in [1.82, 2.24) is 19.8 Å². The summed E-state index contributed by atoms with van der Waals surface area (Å²) in [5.74, 6) is 1.36. The van der Waals surface area contributed by atoms with E-state index in [1.807, 2.05) is 11.8 Å². The van der Waals surface area contributed by atoms with Crippen molar-refractivity contribution in [3.05, 3.63) is 29.8 Å². The first-order chi connectivity index (χ1) is 14.8. The summed E-state index contributed by atoms with van der Waals surface area (Å²) in [4.78, 5) is 16.4. The molecule has 2 aliphatic heterocycles. The van der Waals surface area contributed by atoms with Gasteiger partial charge in [-0.05, 0) is 49.4 Å². The van der Waals surface area contributed by atoms with E-state index in [9.17, 15) is 13.2 Å². The van der Waals surface area contributed by atoms with Gasteiger partial charge in [0.25, 0.3) is 0 Å². The van der Waals surface area contributed by atoms with Crippen molar-refractivity contribution in [3.63, 3.8) is 0 Å². The molecule has 10 heteroatoms. The largest absolute Gasteiger partial charge is 0.492 e. The number of ether oxygens (including phenoxy) is 1. The van der Waals surface area contributed by atoms with Crippen LogP contribution in [0.15, 0.2) is 24.3 Å². The number of carbonyl (C=O) groups is 1. The van der Waals surface area contributed by atoms with Gasteiger partial charge in [0.05, 0.1) is 23.9 Å². The lowest BCUT2D eigenvalue weighted by atomic mass is 9.84. The van der Waals surface area contributed by atoms with Crippen LogP contribution in [0.3, 0.4) is 0 Å². The molecule has 1 aromatic rings. The lowest BCUT2D eigenvalue weighted by Gasteiger charge is -2.46. The number of fused-ring (bicyclic) bond motifs is 2. The van der Waals surface area contributed by atoms with Crippen molar-refractivity contribution in [1.29, 1.82) is 5.26 Å². The van der Waals surface area contributed by atoms with Crippen molar-refractivity contribution in [3.8, 4) is 11.8 Å². The van der Waals surface area contributed by atoms with Crippen LogP contribution in [-0.4, -0.2) is 82.4 Å². The molecular formula is C21H31N5O4S. The molecule has 31 heavy (non-hydrogen) atoms. The number of benzene rings is 1. The molecular weight excluding hydrogens is 418 g/mol. The molecule has 2 N–H and O–H groups in total. The first kappa shape index (κ1) is 23.3. The Labute approximate surface area is 184 Å². The second kappa shape index (κ2) is 10.3. The highest BCUT2D eigenvalue weighted by Crippen LogP contribution is 2.28. The number of nitrogens with one attached hydrogen (secondary N) is 2. The van der Waals surface area contributed by atoms with Gasteiger partial charge in [0.15, 0.2) is 0 Å². The molecule has 2 heterocycles. The molecule has 3 unspecified atom stereocenters. The van der Waals surface area contributed by atoms with Crippen molar-refractivity contribution in [2.75, 3.05) is 52.1 Å². The SMILES string of the molecule is CCNC(=O)N1CC2CC(CN(CC(COc3ccc(C#N)cc3)NS(C)(=O)=O)C2)C1. The highest BCUT2D eigenvalue weighted by atomic mass is 32.2. The summed E-state index contributed by atoms with van der Waals surface area (Å²) in [5, 5.41) is 11.8. The molecule has 2 bridgehead atoms. The quantitative estimate of drug-likeness (QED) is 0.608. The normalized spacial score (nSPS) is 22.4. The summed E-state index contributed by atoms with van der Waals surface area (Å²) in [5.41, 5.74) is 0.541. The second-order valence-corrected chi connectivity index (χ2v) is 10.2. The highest BCUT2D eigenvalue weighted by molar-refractivity contribution is 7.88. The fourth-order valence-electron chi connectivity index (χ4n) is 4.53. The maximum absolute atomic E-state index is 12.2. The zero-order chi connectivity index (χ0) is 22.4.